The minimum atomic E-state index is 0.447. The van der Waals surface area contributed by atoms with Crippen LogP contribution in [0.3, 0.4) is 0 Å². The molecule has 0 aromatic carbocycles. The van der Waals surface area contributed by atoms with E-state index in [1.165, 1.54) is 51.7 Å². The summed E-state index contributed by atoms with van der Waals surface area (Å²) in [6.07, 6.45) is 9.06. The van der Waals surface area contributed by atoms with Crippen molar-refractivity contribution in [1.29, 1.82) is 0 Å². The van der Waals surface area contributed by atoms with Crippen molar-refractivity contribution >= 4 is 11.8 Å². The SMILES string of the molecule is CCCC(C)(CNC)CN1CCCC(SC)CC1. The molecule has 1 saturated heterocycles. The van der Waals surface area contributed by atoms with Gasteiger partial charge in [-0.15, -0.1) is 0 Å². The number of hydrogen-bond acceptors (Lipinski definition) is 3. The summed E-state index contributed by atoms with van der Waals surface area (Å²) in [5.74, 6) is 0. The van der Waals surface area contributed by atoms with E-state index in [2.05, 4.69) is 49.1 Å². The summed E-state index contributed by atoms with van der Waals surface area (Å²) >= 11 is 2.06. The fourth-order valence-corrected chi connectivity index (χ4v) is 4.06. The van der Waals surface area contributed by atoms with Crippen LogP contribution in [0.25, 0.3) is 0 Å². The summed E-state index contributed by atoms with van der Waals surface area (Å²) in [5.41, 5.74) is 0.447. The van der Waals surface area contributed by atoms with Crippen LogP contribution in [0.2, 0.25) is 0 Å². The molecular weight excluding hydrogens is 240 g/mol. The van der Waals surface area contributed by atoms with Gasteiger partial charge < -0.3 is 10.2 Å². The van der Waals surface area contributed by atoms with Crippen LogP contribution in [0.15, 0.2) is 0 Å². The number of nitrogens with zero attached hydrogens (tertiary/aromatic N) is 1. The van der Waals surface area contributed by atoms with Gasteiger partial charge in [-0.2, -0.15) is 11.8 Å². The molecule has 1 aliphatic rings. The van der Waals surface area contributed by atoms with Crippen LogP contribution in [-0.2, 0) is 0 Å². The second-order valence-electron chi connectivity index (χ2n) is 6.16. The predicted octanol–water partition coefficient (Wildman–Crippen LogP) is 3.23. The minimum Gasteiger partial charge on any atom is -0.319 e. The first kappa shape index (κ1) is 16.3. The Kier molecular flexibility index (Phi) is 7.66. The van der Waals surface area contributed by atoms with Gasteiger partial charge in [-0.1, -0.05) is 20.3 Å². The maximum atomic E-state index is 3.39. The fraction of sp³-hybridized carbons (Fsp3) is 1.00. The van der Waals surface area contributed by atoms with Crippen molar-refractivity contribution in [3.8, 4) is 0 Å². The van der Waals surface area contributed by atoms with Gasteiger partial charge in [-0.3, -0.25) is 0 Å². The zero-order chi connectivity index (χ0) is 13.4. The number of hydrogen-bond donors (Lipinski definition) is 1. The maximum absolute atomic E-state index is 3.39. The Labute approximate surface area is 118 Å². The van der Waals surface area contributed by atoms with E-state index >= 15 is 0 Å². The second-order valence-corrected chi connectivity index (χ2v) is 7.29. The van der Waals surface area contributed by atoms with E-state index in [0.29, 0.717) is 5.41 Å². The van der Waals surface area contributed by atoms with Gasteiger partial charge in [0.15, 0.2) is 0 Å². The van der Waals surface area contributed by atoms with E-state index in [4.69, 9.17) is 0 Å². The van der Waals surface area contributed by atoms with Gasteiger partial charge in [0.1, 0.15) is 0 Å². The van der Waals surface area contributed by atoms with Crippen molar-refractivity contribution in [2.24, 2.45) is 5.41 Å². The van der Waals surface area contributed by atoms with Crippen LogP contribution < -0.4 is 5.32 Å². The third-order valence-electron chi connectivity index (χ3n) is 4.16. The molecule has 0 spiro atoms. The zero-order valence-corrected chi connectivity index (χ0v) is 13.6. The fourth-order valence-electron chi connectivity index (χ4n) is 3.31. The second kappa shape index (κ2) is 8.44. The van der Waals surface area contributed by atoms with Crippen LogP contribution >= 0.6 is 11.8 Å². The summed E-state index contributed by atoms with van der Waals surface area (Å²) in [7, 11) is 2.08. The first-order valence-electron chi connectivity index (χ1n) is 7.53. The van der Waals surface area contributed by atoms with Gasteiger partial charge in [0, 0.05) is 18.3 Å². The first-order chi connectivity index (χ1) is 8.63. The summed E-state index contributed by atoms with van der Waals surface area (Å²) < 4.78 is 0. The number of likely N-dealkylation sites (tertiary alicyclic amines) is 1. The van der Waals surface area contributed by atoms with Crippen molar-refractivity contribution < 1.29 is 0 Å². The Balaban J connectivity index is 2.47. The number of thioether (sulfide) groups is 1. The summed E-state index contributed by atoms with van der Waals surface area (Å²) in [5, 5.41) is 4.29. The highest BCUT2D eigenvalue weighted by molar-refractivity contribution is 7.99. The lowest BCUT2D eigenvalue weighted by Gasteiger charge is -2.35. The van der Waals surface area contributed by atoms with Gasteiger partial charge >= 0.3 is 0 Å². The smallest absolute Gasteiger partial charge is 0.00569 e. The van der Waals surface area contributed by atoms with Gasteiger partial charge in [0.05, 0.1) is 0 Å². The lowest BCUT2D eigenvalue weighted by atomic mass is 9.84. The molecule has 3 heteroatoms. The molecule has 1 aliphatic heterocycles. The molecule has 2 nitrogen and oxygen atoms in total. The van der Waals surface area contributed by atoms with E-state index < -0.39 is 0 Å². The van der Waals surface area contributed by atoms with Crippen molar-refractivity contribution in [3.63, 3.8) is 0 Å². The van der Waals surface area contributed by atoms with E-state index in [1.54, 1.807) is 0 Å². The third kappa shape index (κ3) is 5.50. The zero-order valence-electron chi connectivity index (χ0n) is 12.8. The van der Waals surface area contributed by atoms with Crippen LogP contribution in [0, 0.1) is 5.41 Å². The van der Waals surface area contributed by atoms with Crippen molar-refractivity contribution in [1.82, 2.24) is 10.2 Å². The van der Waals surface area contributed by atoms with Crippen LogP contribution in [0.4, 0.5) is 0 Å². The quantitative estimate of drug-likeness (QED) is 0.766. The topological polar surface area (TPSA) is 15.3 Å². The minimum absolute atomic E-state index is 0.447. The molecular formula is C15H32N2S. The Morgan fingerprint density at radius 1 is 1.33 bits per heavy atom. The maximum Gasteiger partial charge on any atom is 0.00569 e. The Morgan fingerprint density at radius 3 is 2.72 bits per heavy atom. The largest absolute Gasteiger partial charge is 0.319 e. The molecule has 1 N–H and O–H groups in total. The van der Waals surface area contributed by atoms with E-state index in [1.807, 2.05) is 0 Å². The highest BCUT2D eigenvalue weighted by Gasteiger charge is 2.27. The molecule has 1 heterocycles. The highest BCUT2D eigenvalue weighted by atomic mass is 32.2. The molecule has 18 heavy (non-hydrogen) atoms. The number of nitrogens with one attached hydrogen (secondary N) is 1. The lowest BCUT2D eigenvalue weighted by Crippen LogP contribution is -2.42. The van der Waals surface area contributed by atoms with Crippen LogP contribution in [0.5, 0.6) is 0 Å². The predicted molar refractivity (Wildman–Crippen MR) is 84.5 cm³/mol. The molecule has 1 rings (SSSR count). The van der Waals surface area contributed by atoms with E-state index in [-0.39, 0.29) is 0 Å². The first-order valence-corrected chi connectivity index (χ1v) is 8.82. The molecule has 0 aromatic heterocycles. The van der Waals surface area contributed by atoms with Crippen LogP contribution in [-0.4, -0.2) is 49.6 Å². The van der Waals surface area contributed by atoms with E-state index in [9.17, 15) is 0 Å². The van der Waals surface area contributed by atoms with Crippen molar-refractivity contribution in [3.05, 3.63) is 0 Å². The Hall–Kier alpha value is 0.270. The standard InChI is InChI=1S/C15H32N2S/c1-5-9-15(2,12-16-3)13-17-10-6-7-14(18-4)8-11-17/h14,16H,5-13H2,1-4H3. The summed E-state index contributed by atoms with van der Waals surface area (Å²) in [6, 6.07) is 0. The Morgan fingerprint density at radius 2 is 2.11 bits per heavy atom. The molecule has 2 atom stereocenters. The molecule has 0 radical (unpaired) electrons. The molecule has 0 bridgehead atoms. The third-order valence-corrected chi connectivity index (χ3v) is 5.30. The van der Waals surface area contributed by atoms with Gasteiger partial charge in [0.25, 0.3) is 0 Å². The van der Waals surface area contributed by atoms with Crippen molar-refractivity contribution in [2.45, 2.75) is 51.2 Å². The monoisotopic (exact) mass is 272 g/mol. The van der Waals surface area contributed by atoms with Crippen molar-refractivity contribution in [2.75, 3.05) is 39.5 Å². The normalized spacial score (nSPS) is 25.7. The Bertz CT molecular complexity index is 215. The van der Waals surface area contributed by atoms with Gasteiger partial charge in [0.2, 0.25) is 0 Å². The van der Waals surface area contributed by atoms with Gasteiger partial charge in [-0.25, -0.2) is 0 Å². The summed E-state index contributed by atoms with van der Waals surface area (Å²) in [6.45, 7) is 9.77. The van der Waals surface area contributed by atoms with E-state index in [0.717, 1.165) is 11.8 Å². The molecule has 0 aromatic rings. The molecule has 0 saturated carbocycles. The molecule has 0 aliphatic carbocycles. The van der Waals surface area contributed by atoms with Gasteiger partial charge in [-0.05, 0) is 57.5 Å². The number of rotatable bonds is 7. The molecule has 2 unspecified atom stereocenters. The average molecular weight is 273 g/mol. The highest BCUT2D eigenvalue weighted by Crippen LogP contribution is 2.27. The van der Waals surface area contributed by atoms with Crippen LogP contribution in [0.1, 0.15) is 46.0 Å². The summed E-state index contributed by atoms with van der Waals surface area (Å²) in [4.78, 5) is 2.71. The average Bonchev–Trinajstić information content (AvgIpc) is 2.54. The molecule has 108 valence electrons. The molecule has 1 fully saturated rings. The molecule has 0 amide bonds. The lowest BCUT2D eigenvalue weighted by molar-refractivity contribution is 0.155.